The van der Waals surface area contributed by atoms with Crippen molar-refractivity contribution in [2.45, 2.75) is 19.5 Å². The highest BCUT2D eigenvalue weighted by molar-refractivity contribution is 5.35. The van der Waals surface area contributed by atoms with Crippen LogP contribution in [0.2, 0.25) is 0 Å². The summed E-state index contributed by atoms with van der Waals surface area (Å²) in [5.41, 5.74) is 1.67. The molecule has 1 unspecified atom stereocenters. The summed E-state index contributed by atoms with van der Waals surface area (Å²) < 4.78 is 12.9. The average Bonchev–Trinajstić information content (AvgIpc) is 2.37. The van der Waals surface area contributed by atoms with Crippen molar-refractivity contribution in [2.75, 3.05) is 0 Å². The summed E-state index contributed by atoms with van der Waals surface area (Å²) in [6.45, 7) is 2.49. The van der Waals surface area contributed by atoms with Crippen molar-refractivity contribution in [3.05, 3.63) is 59.4 Å². The first-order chi connectivity index (χ1) is 9.06. The van der Waals surface area contributed by atoms with Gasteiger partial charge in [0.25, 0.3) is 0 Å². The van der Waals surface area contributed by atoms with Crippen LogP contribution < -0.4 is 5.32 Å². The SMILES string of the molecule is CC(NCc1ccc(O)cc1)c1ccc(F)cc1O. The maximum Gasteiger partial charge on any atom is 0.126 e. The molecule has 2 aromatic rings. The molecule has 0 fully saturated rings. The molecule has 0 radical (unpaired) electrons. The van der Waals surface area contributed by atoms with Crippen molar-refractivity contribution in [3.8, 4) is 11.5 Å². The van der Waals surface area contributed by atoms with E-state index in [-0.39, 0.29) is 17.5 Å². The van der Waals surface area contributed by atoms with Crippen LogP contribution in [-0.4, -0.2) is 10.2 Å². The third kappa shape index (κ3) is 3.45. The molecule has 0 saturated carbocycles. The third-order valence-corrected chi connectivity index (χ3v) is 3.01. The average molecular weight is 261 g/mol. The molecule has 2 aromatic carbocycles. The van der Waals surface area contributed by atoms with Crippen LogP contribution in [0.4, 0.5) is 4.39 Å². The first kappa shape index (κ1) is 13.4. The van der Waals surface area contributed by atoms with E-state index in [4.69, 9.17) is 0 Å². The first-order valence-electron chi connectivity index (χ1n) is 6.06. The third-order valence-electron chi connectivity index (χ3n) is 3.01. The van der Waals surface area contributed by atoms with Crippen LogP contribution in [0.3, 0.4) is 0 Å². The van der Waals surface area contributed by atoms with Crippen LogP contribution in [0.15, 0.2) is 42.5 Å². The maximum absolute atomic E-state index is 12.9. The Hall–Kier alpha value is -2.07. The van der Waals surface area contributed by atoms with Gasteiger partial charge in [-0.3, -0.25) is 0 Å². The van der Waals surface area contributed by atoms with Gasteiger partial charge in [-0.1, -0.05) is 18.2 Å². The Balaban J connectivity index is 2.01. The maximum atomic E-state index is 12.9. The van der Waals surface area contributed by atoms with Gasteiger partial charge >= 0.3 is 0 Å². The summed E-state index contributed by atoms with van der Waals surface area (Å²) in [6.07, 6.45) is 0. The Morgan fingerprint density at radius 2 is 1.79 bits per heavy atom. The van der Waals surface area contributed by atoms with Crippen molar-refractivity contribution >= 4 is 0 Å². The van der Waals surface area contributed by atoms with Gasteiger partial charge in [-0.2, -0.15) is 0 Å². The fourth-order valence-corrected chi connectivity index (χ4v) is 1.88. The Morgan fingerprint density at radius 3 is 2.42 bits per heavy atom. The molecule has 0 aliphatic rings. The number of phenolic OH excluding ortho intramolecular Hbond substituents is 2. The second-order valence-corrected chi connectivity index (χ2v) is 4.47. The molecule has 1 atom stereocenters. The number of hydrogen-bond acceptors (Lipinski definition) is 3. The molecule has 100 valence electrons. The predicted molar refractivity (Wildman–Crippen MR) is 71.4 cm³/mol. The van der Waals surface area contributed by atoms with E-state index in [0.717, 1.165) is 11.6 Å². The van der Waals surface area contributed by atoms with Crippen LogP contribution in [-0.2, 0) is 6.54 Å². The number of aromatic hydroxyl groups is 2. The van der Waals surface area contributed by atoms with Gasteiger partial charge < -0.3 is 15.5 Å². The zero-order valence-electron chi connectivity index (χ0n) is 10.6. The van der Waals surface area contributed by atoms with Crippen LogP contribution in [0.1, 0.15) is 24.1 Å². The lowest BCUT2D eigenvalue weighted by molar-refractivity contribution is 0.446. The second kappa shape index (κ2) is 5.71. The number of rotatable bonds is 4. The molecule has 3 nitrogen and oxygen atoms in total. The molecule has 0 aromatic heterocycles. The van der Waals surface area contributed by atoms with Crippen molar-refractivity contribution in [1.29, 1.82) is 0 Å². The molecule has 0 aliphatic carbocycles. The summed E-state index contributed by atoms with van der Waals surface area (Å²) >= 11 is 0. The lowest BCUT2D eigenvalue weighted by Gasteiger charge is -2.15. The van der Waals surface area contributed by atoms with Crippen LogP contribution in [0.5, 0.6) is 11.5 Å². The van der Waals surface area contributed by atoms with Crippen molar-refractivity contribution < 1.29 is 14.6 Å². The van der Waals surface area contributed by atoms with E-state index >= 15 is 0 Å². The summed E-state index contributed by atoms with van der Waals surface area (Å²) in [6, 6.07) is 10.8. The van der Waals surface area contributed by atoms with Crippen molar-refractivity contribution in [3.63, 3.8) is 0 Å². The number of halogens is 1. The molecule has 0 aliphatic heterocycles. The number of phenols is 2. The topological polar surface area (TPSA) is 52.5 Å². The van der Waals surface area contributed by atoms with E-state index in [9.17, 15) is 14.6 Å². The fraction of sp³-hybridized carbons (Fsp3) is 0.200. The molecule has 4 heteroatoms. The molecule has 0 heterocycles. The van der Waals surface area contributed by atoms with E-state index in [2.05, 4.69) is 5.32 Å². The zero-order valence-corrected chi connectivity index (χ0v) is 10.6. The molecule has 0 bridgehead atoms. The zero-order chi connectivity index (χ0) is 13.8. The van der Waals surface area contributed by atoms with E-state index in [0.29, 0.717) is 12.1 Å². The van der Waals surface area contributed by atoms with E-state index in [1.165, 1.54) is 6.07 Å². The number of nitrogens with one attached hydrogen (secondary N) is 1. The van der Waals surface area contributed by atoms with Crippen LogP contribution in [0, 0.1) is 5.82 Å². The second-order valence-electron chi connectivity index (χ2n) is 4.47. The molecule has 0 amide bonds. The summed E-state index contributed by atoms with van der Waals surface area (Å²) in [4.78, 5) is 0. The Morgan fingerprint density at radius 1 is 1.11 bits per heavy atom. The standard InChI is InChI=1S/C15H16FNO2/c1-10(14-7-4-12(16)8-15(14)19)17-9-11-2-5-13(18)6-3-11/h2-8,10,17-19H,9H2,1H3. The summed E-state index contributed by atoms with van der Waals surface area (Å²) in [5.74, 6) is -0.273. The minimum absolute atomic E-state index is 0.0503. The van der Waals surface area contributed by atoms with E-state index in [1.807, 2.05) is 19.1 Å². The highest BCUT2D eigenvalue weighted by Crippen LogP contribution is 2.24. The van der Waals surface area contributed by atoms with Crippen molar-refractivity contribution in [2.24, 2.45) is 0 Å². The normalized spacial score (nSPS) is 12.3. The van der Waals surface area contributed by atoms with Crippen LogP contribution in [0.25, 0.3) is 0 Å². The highest BCUT2D eigenvalue weighted by atomic mass is 19.1. The van der Waals surface area contributed by atoms with Gasteiger partial charge in [-0.05, 0) is 30.7 Å². The smallest absolute Gasteiger partial charge is 0.126 e. The fourth-order valence-electron chi connectivity index (χ4n) is 1.88. The minimum atomic E-state index is -0.452. The minimum Gasteiger partial charge on any atom is -0.508 e. The molecule has 19 heavy (non-hydrogen) atoms. The molecular weight excluding hydrogens is 245 g/mol. The Bertz CT molecular complexity index is 555. The molecule has 3 N–H and O–H groups in total. The monoisotopic (exact) mass is 261 g/mol. The van der Waals surface area contributed by atoms with Gasteiger partial charge in [-0.15, -0.1) is 0 Å². The predicted octanol–water partition coefficient (Wildman–Crippen LogP) is 3.09. The van der Waals surface area contributed by atoms with Crippen molar-refractivity contribution in [1.82, 2.24) is 5.32 Å². The lowest BCUT2D eigenvalue weighted by Crippen LogP contribution is -2.18. The van der Waals surface area contributed by atoms with E-state index in [1.54, 1.807) is 18.2 Å². The van der Waals surface area contributed by atoms with Gasteiger partial charge in [0.05, 0.1) is 0 Å². The first-order valence-corrected chi connectivity index (χ1v) is 6.06. The van der Waals surface area contributed by atoms with Gasteiger partial charge in [-0.25, -0.2) is 4.39 Å². The van der Waals surface area contributed by atoms with E-state index < -0.39 is 5.82 Å². The molecule has 0 spiro atoms. The van der Waals surface area contributed by atoms with Gasteiger partial charge in [0.15, 0.2) is 0 Å². The summed E-state index contributed by atoms with van der Waals surface area (Å²) in [5, 5.41) is 22.1. The summed E-state index contributed by atoms with van der Waals surface area (Å²) in [7, 11) is 0. The number of hydrogen-bond donors (Lipinski definition) is 3. The highest BCUT2D eigenvalue weighted by Gasteiger charge is 2.10. The Labute approximate surface area is 111 Å². The van der Waals surface area contributed by atoms with Gasteiger partial charge in [0, 0.05) is 24.2 Å². The van der Waals surface area contributed by atoms with Crippen LogP contribution >= 0.6 is 0 Å². The number of benzene rings is 2. The van der Waals surface area contributed by atoms with Gasteiger partial charge in [0.1, 0.15) is 17.3 Å². The largest absolute Gasteiger partial charge is 0.508 e. The van der Waals surface area contributed by atoms with Gasteiger partial charge in [0.2, 0.25) is 0 Å². The Kier molecular flexibility index (Phi) is 4.02. The lowest BCUT2D eigenvalue weighted by atomic mass is 10.1. The quantitative estimate of drug-likeness (QED) is 0.792. The molecular formula is C15H16FNO2. The molecule has 2 rings (SSSR count). The molecule has 0 saturated heterocycles.